The Hall–Kier alpha value is -0.730. The Morgan fingerprint density at radius 3 is 2.57 bits per heavy atom. The molecule has 1 unspecified atom stereocenters. The van der Waals surface area contributed by atoms with Crippen molar-refractivity contribution in [3.05, 3.63) is 10.4 Å². The first-order valence-corrected chi connectivity index (χ1v) is 2.04. The summed E-state index contributed by atoms with van der Waals surface area (Å²) >= 11 is 0. The van der Waals surface area contributed by atoms with E-state index in [1.54, 1.807) is 0 Å². The molecule has 1 saturated heterocycles. The summed E-state index contributed by atoms with van der Waals surface area (Å²) in [6.07, 6.45) is -0.0269. The van der Waals surface area contributed by atoms with Gasteiger partial charge >= 0.3 is 0 Å². The van der Waals surface area contributed by atoms with Crippen LogP contribution in [0.15, 0.2) is 5.11 Å². The zero-order chi connectivity index (χ0) is 5.28. The molecule has 0 aromatic heterocycles. The number of rotatable bonds is 1. The van der Waals surface area contributed by atoms with E-state index in [0.717, 1.165) is 0 Å². The molecule has 1 aliphatic heterocycles. The van der Waals surface area contributed by atoms with Crippen molar-refractivity contribution in [1.29, 1.82) is 0 Å². The highest BCUT2D eigenvalue weighted by atomic mass is 16.6. The summed E-state index contributed by atoms with van der Waals surface area (Å²) in [6, 6.07) is 0. The highest BCUT2D eigenvalue weighted by molar-refractivity contribution is 4.77. The van der Waals surface area contributed by atoms with E-state index in [1.165, 1.54) is 0 Å². The average molecular weight is 99.1 g/mol. The molecule has 0 bridgehead atoms. The first kappa shape index (κ1) is 4.43. The lowest BCUT2D eigenvalue weighted by atomic mass is 10.5. The van der Waals surface area contributed by atoms with Gasteiger partial charge in [0.05, 0.1) is 6.10 Å². The average Bonchev–Trinajstić information content (AvgIpc) is 2.22. The van der Waals surface area contributed by atoms with Gasteiger partial charge in [0.15, 0.2) is 6.23 Å². The molecule has 0 N–H and O–H groups in total. The summed E-state index contributed by atoms with van der Waals surface area (Å²) in [4.78, 5) is 2.55. The maximum atomic E-state index is 7.77. The summed E-state index contributed by atoms with van der Waals surface area (Å²) in [6.45, 7) is 1.86. The molecule has 1 aliphatic rings. The van der Waals surface area contributed by atoms with Crippen molar-refractivity contribution in [2.24, 2.45) is 5.11 Å². The van der Waals surface area contributed by atoms with Gasteiger partial charge < -0.3 is 4.74 Å². The van der Waals surface area contributed by atoms with Gasteiger partial charge in [-0.25, -0.2) is 0 Å². The summed E-state index contributed by atoms with van der Waals surface area (Å²) in [5, 5.41) is 3.28. The van der Waals surface area contributed by atoms with Crippen molar-refractivity contribution in [2.75, 3.05) is 0 Å². The second-order valence-electron chi connectivity index (χ2n) is 1.44. The van der Waals surface area contributed by atoms with Crippen molar-refractivity contribution < 1.29 is 4.74 Å². The molecule has 0 aromatic carbocycles. The fourth-order valence-electron chi connectivity index (χ4n) is 0.347. The van der Waals surface area contributed by atoms with E-state index in [9.17, 15) is 0 Å². The molecule has 4 nitrogen and oxygen atoms in total. The third-order valence-corrected chi connectivity index (χ3v) is 0.844. The monoisotopic (exact) mass is 99.0 g/mol. The van der Waals surface area contributed by atoms with Crippen molar-refractivity contribution in [3.63, 3.8) is 0 Å². The normalized spacial score (nSPS) is 36.7. The highest BCUT2D eigenvalue weighted by Gasteiger charge is 2.32. The number of nitrogens with zero attached hydrogens (tertiary/aromatic N) is 3. The van der Waals surface area contributed by atoms with Crippen molar-refractivity contribution in [2.45, 2.75) is 19.3 Å². The highest BCUT2D eigenvalue weighted by Crippen LogP contribution is 2.21. The molecule has 1 fully saturated rings. The summed E-state index contributed by atoms with van der Waals surface area (Å²) < 4.78 is 4.74. The number of ether oxygens (including phenoxy) is 1. The van der Waals surface area contributed by atoms with E-state index >= 15 is 0 Å². The first-order valence-electron chi connectivity index (χ1n) is 2.04. The Bertz CT molecular complexity index is 117. The molecule has 2 atom stereocenters. The van der Waals surface area contributed by atoms with Crippen LogP contribution in [0.5, 0.6) is 0 Å². The van der Waals surface area contributed by atoms with Crippen LogP contribution in [0.25, 0.3) is 10.4 Å². The SMILES string of the molecule is CC1O[C@H]1N=[N+]=[N-]. The maximum absolute atomic E-state index is 7.77. The summed E-state index contributed by atoms with van der Waals surface area (Å²) in [5.41, 5.74) is 7.77. The van der Waals surface area contributed by atoms with Gasteiger partial charge in [0.2, 0.25) is 0 Å². The standard InChI is InChI=1S/C3H5N3O/c1-2-3(7-2)5-6-4/h2-3H,1H3/t2?,3-/m1/s1. The Kier molecular flexibility index (Phi) is 0.889. The van der Waals surface area contributed by atoms with Crippen molar-refractivity contribution in [1.82, 2.24) is 0 Å². The zero-order valence-corrected chi connectivity index (χ0v) is 3.90. The van der Waals surface area contributed by atoms with E-state index in [2.05, 4.69) is 10.0 Å². The molecule has 0 spiro atoms. The lowest BCUT2D eigenvalue weighted by molar-refractivity contribution is 0.382. The molecule has 38 valence electrons. The summed E-state index contributed by atoms with van der Waals surface area (Å²) in [5.74, 6) is 0. The lowest BCUT2D eigenvalue weighted by Crippen LogP contribution is -1.77. The number of hydrogen-bond donors (Lipinski definition) is 0. The minimum atomic E-state index is -0.176. The van der Waals surface area contributed by atoms with Crippen LogP contribution in [0, 0.1) is 0 Å². The predicted molar refractivity (Wildman–Crippen MR) is 23.5 cm³/mol. The largest absolute Gasteiger partial charge is 0.364 e. The second-order valence-corrected chi connectivity index (χ2v) is 1.44. The molecule has 1 heterocycles. The van der Waals surface area contributed by atoms with Gasteiger partial charge in [-0.2, -0.15) is 0 Å². The minimum Gasteiger partial charge on any atom is -0.364 e. The Morgan fingerprint density at radius 1 is 1.86 bits per heavy atom. The van der Waals surface area contributed by atoms with Crippen LogP contribution in [-0.4, -0.2) is 12.3 Å². The number of hydrogen-bond acceptors (Lipinski definition) is 2. The van der Waals surface area contributed by atoms with Crippen LogP contribution in [0.3, 0.4) is 0 Å². The van der Waals surface area contributed by atoms with E-state index in [4.69, 9.17) is 10.3 Å². The molecular weight excluding hydrogens is 94.1 g/mol. The van der Waals surface area contributed by atoms with Crippen LogP contribution in [0.4, 0.5) is 0 Å². The van der Waals surface area contributed by atoms with E-state index in [0.29, 0.717) is 0 Å². The van der Waals surface area contributed by atoms with Gasteiger partial charge in [-0.15, -0.1) is 0 Å². The Labute approximate surface area is 40.7 Å². The predicted octanol–water partition coefficient (Wildman–Crippen LogP) is 1.04. The van der Waals surface area contributed by atoms with Crippen LogP contribution in [0.2, 0.25) is 0 Å². The maximum Gasteiger partial charge on any atom is 0.162 e. The minimum absolute atomic E-state index is 0.149. The fraction of sp³-hybridized carbons (Fsp3) is 1.00. The van der Waals surface area contributed by atoms with Gasteiger partial charge in [-0.1, -0.05) is 5.11 Å². The third kappa shape index (κ3) is 0.824. The van der Waals surface area contributed by atoms with Gasteiger partial charge in [-0.3, -0.25) is 0 Å². The van der Waals surface area contributed by atoms with Gasteiger partial charge in [0.1, 0.15) is 0 Å². The van der Waals surface area contributed by atoms with Gasteiger partial charge in [-0.05, 0) is 12.5 Å². The fourth-order valence-corrected chi connectivity index (χ4v) is 0.347. The zero-order valence-electron chi connectivity index (χ0n) is 3.90. The molecule has 0 aliphatic carbocycles. The molecule has 0 aromatic rings. The van der Waals surface area contributed by atoms with Crippen molar-refractivity contribution >= 4 is 0 Å². The molecular formula is C3H5N3O. The first-order chi connectivity index (χ1) is 3.34. The molecule has 0 amide bonds. The van der Waals surface area contributed by atoms with Crippen LogP contribution in [-0.2, 0) is 4.74 Å². The Balaban J connectivity index is 2.34. The van der Waals surface area contributed by atoms with Crippen LogP contribution in [0.1, 0.15) is 6.92 Å². The molecule has 0 radical (unpaired) electrons. The third-order valence-electron chi connectivity index (χ3n) is 0.844. The Morgan fingerprint density at radius 2 is 2.43 bits per heavy atom. The second kappa shape index (κ2) is 1.40. The van der Waals surface area contributed by atoms with Crippen molar-refractivity contribution in [3.8, 4) is 0 Å². The molecule has 4 heteroatoms. The van der Waals surface area contributed by atoms with Crippen LogP contribution < -0.4 is 0 Å². The van der Waals surface area contributed by atoms with E-state index in [1.807, 2.05) is 6.92 Å². The molecule has 0 saturated carbocycles. The number of epoxide rings is 1. The quantitative estimate of drug-likeness (QED) is 0.209. The molecule has 1 rings (SSSR count). The van der Waals surface area contributed by atoms with Crippen LogP contribution >= 0.6 is 0 Å². The lowest BCUT2D eigenvalue weighted by Gasteiger charge is -1.62. The van der Waals surface area contributed by atoms with E-state index in [-0.39, 0.29) is 12.3 Å². The van der Waals surface area contributed by atoms with Gasteiger partial charge in [0, 0.05) is 4.91 Å². The topological polar surface area (TPSA) is 61.3 Å². The smallest absolute Gasteiger partial charge is 0.162 e. The van der Waals surface area contributed by atoms with Gasteiger partial charge in [0.25, 0.3) is 0 Å². The number of azide groups is 1. The van der Waals surface area contributed by atoms with E-state index < -0.39 is 0 Å². The summed E-state index contributed by atoms with van der Waals surface area (Å²) in [7, 11) is 0. The molecule has 7 heavy (non-hydrogen) atoms.